The third-order valence-electron chi connectivity index (χ3n) is 0.923. The zero-order valence-electron chi connectivity index (χ0n) is 5.04. The van der Waals surface area contributed by atoms with E-state index in [1.807, 2.05) is 0 Å². The molecule has 1 rings (SSSR count). The number of anilines is 1. The van der Waals surface area contributed by atoms with Gasteiger partial charge in [0.05, 0.1) is 0 Å². The van der Waals surface area contributed by atoms with Crippen LogP contribution in [0, 0.1) is 0 Å². The molecular weight excluding hydrogens is 152 g/mol. The Morgan fingerprint density at radius 3 is 2.60 bits per heavy atom. The lowest BCUT2D eigenvalue weighted by Gasteiger charge is -1.96. The molecule has 1 aromatic rings. The van der Waals surface area contributed by atoms with E-state index in [0.717, 1.165) is 0 Å². The Bertz CT molecular complexity index is 224. The van der Waals surface area contributed by atoms with E-state index in [4.69, 9.17) is 11.6 Å². The van der Waals surface area contributed by atoms with Crippen molar-refractivity contribution >= 4 is 22.7 Å². The number of hydrogen-bond acceptors (Lipinski definition) is 2. The van der Waals surface area contributed by atoms with Crippen molar-refractivity contribution in [3.8, 4) is 0 Å². The minimum atomic E-state index is -0.591. The van der Waals surface area contributed by atoms with Crippen LogP contribution in [0.3, 0.4) is 0 Å². The summed E-state index contributed by atoms with van der Waals surface area (Å²) in [5.74, 6) is 0. The lowest BCUT2D eigenvalue weighted by Crippen LogP contribution is -2.00. The third-order valence-corrected chi connectivity index (χ3v) is 1.02. The van der Waals surface area contributed by atoms with Gasteiger partial charge in [-0.25, -0.2) is 0 Å². The van der Waals surface area contributed by atoms with E-state index in [-0.39, 0.29) is 0 Å². The van der Waals surface area contributed by atoms with Crippen molar-refractivity contribution in [2.75, 3.05) is 5.32 Å². The normalized spacial score (nSPS) is 8.90. The molecule has 0 aliphatic rings. The third kappa shape index (κ3) is 2.03. The van der Waals surface area contributed by atoms with Crippen LogP contribution in [0.25, 0.3) is 0 Å². The van der Waals surface area contributed by atoms with Crippen molar-refractivity contribution in [3.63, 3.8) is 0 Å². The highest BCUT2D eigenvalue weighted by molar-refractivity contribution is 6.65. The Balaban J connectivity index is 2.67. The maximum Gasteiger partial charge on any atom is 0.318 e. The molecule has 10 heavy (non-hydrogen) atoms. The first-order valence-corrected chi connectivity index (χ1v) is 3.03. The molecule has 1 heterocycles. The van der Waals surface area contributed by atoms with Crippen LogP contribution in [0.15, 0.2) is 24.5 Å². The summed E-state index contributed by atoms with van der Waals surface area (Å²) in [6.45, 7) is 0. The smallest absolute Gasteiger partial charge is 0.312 e. The first-order chi connectivity index (χ1) is 4.79. The summed E-state index contributed by atoms with van der Waals surface area (Å²) >= 11 is 5.04. The molecule has 0 aromatic carbocycles. The zero-order valence-corrected chi connectivity index (χ0v) is 5.80. The maximum atomic E-state index is 10.2. The van der Waals surface area contributed by atoms with Gasteiger partial charge in [0.15, 0.2) is 0 Å². The number of carbonyl (C=O) groups excluding carboxylic acids is 1. The quantitative estimate of drug-likeness (QED) is 0.498. The SMILES string of the molecule is O=C(Cl)Nc1ccncc1. The molecule has 3 nitrogen and oxygen atoms in total. The number of halogens is 1. The zero-order chi connectivity index (χ0) is 7.40. The Kier molecular flexibility index (Phi) is 2.23. The molecule has 0 unspecified atom stereocenters. The number of aromatic nitrogens is 1. The largest absolute Gasteiger partial charge is 0.318 e. The highest BCUT2D eigenvalue weighted by Gasteiger charge is 1.93. The van der Waals surface area contributed by atoms with E-state index >= 15 is 0 Å². The second kappa shape index (κ2) is 3.17. The van der Waals surface area contributed by atoms with Crippen molar-refractivity contribution in [1.82, 2.24) is 4.98 Å². The highest BCUT2D eigenvalue weighted by atomic mass is 35.5. The monoisotopic (exact) mass is 156 g/mol. The van der Waals surface area contributed by atoms with Gasteiger partial charge in [0, 0.05) is 18.1 Å². The lowest BCUT2D eigenvalue weighted by atomic mass is 10.4. The van der Waals surface area contributed by atoms with Gasteiger partial charge in [-0.05, 0) is 23.7 Å². The van der Waals surface area contributed by atoms with Crippen LogP contribution in [-0.4, -0.2) is 10.4 Å². The van der Waals surface area contributed by atoms with E-state index in [1.54, 1.807) is 24.5 Å². The van der Waals surface area contributed by atoms with Crippen LogP contribution in [0.5, 0.6) is 0 Å². The molecule has 1 amide bonds. The summed E-state index contributed by atoms with van der Waals surface area (Å²) in [6, 6.07) is 3.31. The summed E-state index contributed by atoms with van der Waals surface area (Å²) in [6.07, 6.45) is 3.14. The summed E-state index contributed by atoms with van der Waals surface area (Å²) < 4.78 is 0. The fraction of sp³-hybridized carbons (Fsp3) is 0. The average Bonchev–Trinajstić information content (AvgIpc) is 1.88. The fourth-order valence-electron chi connectivity index (χ4n) is 0.549. The minimum Gasteiger partial charge on any atom is -0.312 e. The van der Waals surface area contributed by atoms with Crippen molar-refractivity contribution < 1.29 is 4.79 Å². The molecule has 52 valence electrons. The first-order valence-electron chi connectivity index (χ1n) is 2.65. The molecule has 0 saturated heterocycles. The molecule has 0 aliphatic heterocycles. The number of nitrogens with one attached hydrogen (secondary N) is 1. The van der Waals surface area contributed by atoms with Crippen LogP contribution in [0.1, 0.15) is 0 Å². The predicted octanol–water partition coefficient (Wildman–Crippen LogP) is 1.85. The van der Waals surface area contributed by atoms with Crippen LogP contribution < -0.4 is 5.32 Å². The van der Waals surface area contributed by atoms with Gasteiger partial charge in [-0.2, -0.15) is 0 Å². The second-order valence-corrected chi connectivity index (χ2v) is 1.98. The summed E-state index contributed by atoms with van der Waals surface area (Å²) in [5, 5.41) is 1.80. The van der Waals surface area contributed by atoms with Gasteiger partial charge in [0.2, 0.25) is 0 Å². The van der Waals surface area contributed by atoms with Crippen LogP contribution in [0.4, 0.5) is 10.5 Å². The number of pyridine rings is 1. The average molecular weight is 157 g/mol. The maximum absolute atomic E-state index is 10.2. The number of hydrogen-bond donors (Lipinski definition) is 1. The van der Waals surface area contributed by atoms with Crippen molar-refractivity contribution in [1.29, 1.82) is 0 Å². The number of rotatable bonds is 1. The molecular formula is C6H5ClN2O. The summed E-state index contributed by atoms with van der Waals surface area (Å²) in [4.78, 5) is 14.0. The van der Waals surface area contributed by atoms with Gasteiger partial charge in [0.1, 0.15) is 0 Å². The van der Waals surface area contributed by atoms with Crippen molar-refractivity contribution in [2.24, 2.45) is 0 Å². The Morgan fingerprint density at radius 2 is 2.10 bits per heavy atom. The summed E-state index contributed by atoms with van der Waals surface area (Å²) in [7, 11) is 0. The van der Waals surface area contributed by atoms with Gasteiger partial charge in [-0.3, -0.25) is 9.78 Å². The number of carbonyl (C=O) groups is 1. The Labute approximate surface area is 63.0 Å². The number of amides is 1. The van der Waals surface area contributed by atoms with E-state index in [0.29, 0.717) is 5.69 Å². The van der Waals surface area contributed by atoms with Crippen molar-refractivity contribution in [3.05, 3.63) is 24.5 Å². The molecule has 1 N–H and O–H groups in total. The molecule has 0 bridgehead atoms. The molecule has 4 heteroatoms. The molecule has 0 spiro atoms. The molecule has 0 saturated carbocycles. The predicted molar refractivity (Wildman–Crippen MR) is 39.1 cm³/mol. The lowest BCUT2D eigenvalue weighted by molar-refractivity contribution is 0.269. The topological polar surface area (TPSA) is 42.0 Å². The van der Waals surface area contributed by atoms with Gasteiger partial charge < -0.3 is 5.32 Å². The van der Waals surface area contributed by atoms with Gasteiger partial charge >= 0.3 is 5.37 Å². The van der Waals surface area contributed by atoms with E-state index in [2.05, 4.69) is 10.3 Å². The van der Waals surface area contributed by atoms with E-state index in [9.17, 15) is 4.79 Å². The second-order valence-electron chi connectivity index (χ2n) is 1.63. The van der Waals surface area contributed by atoms with Crippen LogP contribution in [0.2, 0.25) is 0 Å². The summed E-state index contributed by atoms with van der Waals surface area (Å²) in [5.41, 5.74) is 0.648. The van der Waals surface area contributed by atoms with Gasteiger partial charge in [-0.15, -0.1) is 0 Å². The van der Waals surface area contributed by atoms with Gasteiger partial charge in [0.25, 0.3) is 0 Å². The Morgan fingerprint density at radius 1 is 1.50 bits per heavy atom. The van der Waals surface area contributed by atoms with E-state index in [1.165, 1.54) is 0 Å². The van der Waals surface area contributed by atoms with Crippen LogP contribution >= 0.6 is 11.6 Å². The highest BCUT2D eigenvalue weighted by Crippen LogP contribution is 2.03. The van der Waals surface area contributed by atoms with Crippen molar-refractivity contribution in [2.45, 2.75) is 0 Å². The van der Waals surface area contributed by atoms with E-state index < -0.39 is 5.37 Å². The fourth-order valence-corrected chi connectivity index (χ4v) is 0.658. The molecule has 0 fully saturated rings. The number of nitrogens with zero attached hydrogens (tertiary/aromatic N) is 1. The molecule has 0 atom stereocenters. The standard InChI is InChI=1S/C6H5ClN2O/c7-6(10)9-5-1-3-8-4-2-5/h1-4H,(H,8,9,10). The van der Waals surface area contributed by atoms with Gasteiger partial charge in [-0.1, -0.05) is 0 Å². The molecule has 1 aromatic heterocycles. The Hall–Kier alpha value is -1.09. The molecule has 0 radical (unpaired) electrons. The molecule has 0 aliphatic carbocycles. The minimum absolute atomic E-state index is 0.591. The first kappa shape index (κ1) is 7.02. The van der Waals surface area contributed by atoms with Crippen LogP contribution in [-0.2, 0) is 0 Å².